The molecule has 0 heterocycles. The molecule has 1 N–H and O–H groups in total. The van der Waals surface area contributed by atoms with Crippen molar-refractivity contribution in [2.45, 2.75) is 25.5 Å². The first-order valence-corrected chi connectivity index (χ1v) is 9.48. The van der Waals surface area contributed by atoms with Crippen molar-refractivity contribution in [3.05, 3.63) is 65.7 Å². The monoisotopic (exact) mass is 396 g/mol. The van der Waals surface area contributed by atoms with E-state index in [1.807, 2.05) is 30.3 Å². The average molecular weight is 396 g/mol. The van der Waals surface area contributed by atoms with Gasteiger partial charge in [-0.3, -0.25) is 9.59 Å². The van der Waals surface area contributed by atoms with E-state index in [2.05, 4.69) is 5.32 Å². The van der Waals surface area contributed by atoms with E-state index in [1.165, 1.54) is 11.9 Å². The lowest BCUT2D eigenvalue weighted by atomic mass is 10.2. The molecular weight excluding hydrogens is 372 g/mol. The minimum Gasteiger partial charge on any atom is -0.489 e. The summed E-state index contributed by atoms with van der Waals surface area (Å²) >= 11 is 0. The number of likely N-dealkylation sites (N-methyl/N-ethyl adjacent to an activating group) is 1. The first-order valence-electron chi connectivity index (χ1n) is 9.48. The Bertz CT molecular complexity index is 865. The lowest BCUT2D eigenvalue weighted by Gasteiger charge is -2.16. The molecular formula is C22H24N2O5. The maximum atomic E-state index is 12.2. The summed E-state index contributed by atoms with van der Waals surface area (Å²) in [6, 6.07) is 16.5. The molecule has 0 unspecified atom stereocenters. The number of nitrogens with one attached hydrogen (secondary N) is 1. The molecule has 3 rings (SSSR count). The van der Waals surface area contributed by atoms with Crippen molar-refractivity contribution in [2.75, 3.05) is 20.2 Å². The largest absolute Gasteiger partial charge is 0.489 e. The van der Waals surface area contributed by atoms with E-state index in [0.717, 1.165) is 18.4 Å². The zero-order chi connectivity index (χ0) is 20.6. The SMILES string of the molecule is CN(CC(=O)NC1CC1)C(=O)COC(=O)c1cccc(OCc2ccccc2)c1. The first-order chi connectivity index (χ1) is 14.0. The second-order valence-corrected chi connectivity index (χ2v) is 6.97. The number of ether oxygens (including phenoxy) is 2. The molecule has 0 spiro atoms. The Hall–Kier alpha value is -3.35. The van der Waals surface area contributed by atoms with Gasteiger partial charge >= 0.3 is 5.97 Å². The first kappa shape index (κ1) is 20.4. The number of amides is 2. The van der Waals surface area contributed by atoms with Gasteiger partial charge in [0, 0.05) is 13.1 Å². The molecule has 0 saturated heterocycles. The van der Waals surface area contributed by atoms with Crippen LogP contribution in [0.2, 0.25) is 0 Å². The third-order valence-corrected chi connectivity index (χ3v) is 4.39. The van der Waals surface area contributed by atoms with Gasteiger partial charge in [-0.25, -0.2) is 4.79 Å². The van der Waals surface area contributed by atoms with Crippen LogP contribution in [0.4, 0.5) is 0 Å². The topological polar surface area (TPSA) is 84.9 Å². The van der Waals surface area contributed by atoms with E-state index in [1.54, 1.807) is 24.3 Å². The summed E-state index contributed by atoms with van der Waals surface area (Å²) in [4.78, 5) is 37.3. The lowest BCUT2D eigenvalue weighted by molar-refractivity contribution is -0.137. The van der Waals surface area contributed by atoms with Crippen LogP contribution in [0, 0.1) is 0 Å². The van der Waals surface area contributed by atoms with Gasteiger partial charge in [0.2, 0.25) is 5.91 Å². The highest BCUT2D eigenvalue weighted by molar-refractivity contribution is 5.92. The van der Waals surface area contributed by atoms with Crippen molar-refractivity contribution in [2.24, 2.45) is 0 Å². The van der Waals surface area contributed by atoms with Crippen LogP contribution in [0.3, 0.4) is 0 Å². The van der Waals surface area contributed by atoms with Gasteiger partial charge in [-0.15, -0.1) is 0 Å². The van der Waals surface area contributed by atoms with Gasteiger partial charge < -0.3 is 19.7 Å². The minimum absolute atomic E-state index is 0.0598. The summed E-state index contributed by atoms with van der Waals surface area (Å²) in [6.07, 6.45) is 1.96. The Labute approximate surface area is 169 Å². The Morgan fingerprint density at radius 1 is 1.07 bits per heavy atom. The van der Waals surface area contributed by atoms with E-state index < -0.39 is 18.5 Å². The fourth-order valence-corrected chi connectivity index (χ4v) is 2.58. The number of esters is 1. The van der Waals surface area contributed by atoms with E-state index in [9.17, 15) is 14.4 Å². The summed E-state index contributed by atoms with van der Waals surface area (Å²) in [5, 5.41) is 2.81. The smallest absolute Gasteiger partial charge is 0.338 e. The van der Waals surface area contributed by atoms with E-state index in [-0.39, 0.29) is 24.1 Å². The highest BCUT2D eigenvalue weighted by Crippen LogP contribution is 2.18. The average Bonchev–Trinajstić information content (AvgIpc) is 3.55. The predicted molar refractivity (Wildman–Crippen MR) is 106 cm³/mol. The molecule has 1 aliphatic carbocycles. The normalized spacial score (nSPS) is 12.7. The summed E-state index contributed by atoms with van der Waals surface area (Å²) in [5.41, 5.74) is 1.30. The molecule has 152 valence electrons. The molecule has 0 radical (unpaired) electrons. The van der Waals surface area contributed by atoms with Crippen LogP contribution < -0.4 is 10.1 Å². The fourth-order valence-electron chi connectivity index (χ4n) is 2.58. The lowest BCUT2D eigenvalue weighted by Crippen LogP contribution is -2.40. The summed E-state index contributed by atoms with van der Waals surface area (Å²) in [6.45, 7) is -0.109. The fraction of sp³-hybridized carbons (Fsp3) is 0.318. The molecule has 29 heavy (non-hydrogen) atoms. The molecule has 0 bridgehead atoms. The predicted octanol–water partition coefficient (Wildman–Crippen LogP) is 2.16. The molecule has 1 saturated carbocycles. The van der Waals surface area contributed by atoms with Crippen LogP contribution in [0.15, 0.2) is 54.6 Å². The second-order valence-electron chi connectivity index (χ2n) is 6.97. The van der Waals surface area contributed by atoms with Gasteiger partial charge in [0.05, 0.1) is 12.1 Å². The molecule has 7 heteroatoms. The highest BCUT2D eigenvalue weighted by atomic mass is 16.5. The molecule has 0 aliphatic heterocycles. The van der Waals surface area contributed by atoms with E-state index in [0.29, 0.717) is 12.4 Å². The van der Waals surface area contributed by atoms with Crippen LogP contribution in [-0.4, -0.2) is 48.9 Å². The van der Waals surface area contributed by atoms with Crippen molar-refractivity contribution >= 4 is 17.8 Å². The van der Waals surface area contributed by atoms with Gasteiger partial charge in [-0.2, -0.15) is 0 Å². The van der Waals surface area contributed by atoms with Gasteiger partial charge in [0.1, 0.15) is 12.4 Å². The van der Waals surface area contributed by atoms with Crippen LogP contribution in [-0.2, 0) is 20.9 Å². The van der Waals surface area contributed by atoms with E-state index in [4.69, 9.17) is 9.47 Å². The molecule has 0 atom stereocenters. The van der Waals surface area contributed by atoms with Crippen molar-refractivity contribution in [3.8, 4) is 5.75 Å². The number of carbonyl (C=O) groups excluding carboxylic acids is 3. The summed E-state index contributed by atoms with van der Waals surface area (Å²) < 4.78 is 10.8. The number of benzene rings is 2. The molecule has 1 aliphatic rings. The Morgan fingerprint density at radius 3 is 2.55 bits per heavy atom. The Morgan fingerprint density at radius 2 is 1.83 bits per heavy atom. The van der Waals surface area contributed by atoms with Crippen LogP contribution >= 0.6 is 0 Å². The number of hydrogen-bond donors (Lipinski definition) is 1. The Balaban J connectivity index is 1.45. The van der Waals surface area contributed by atoms with Crippen molar-refractivity contribution in [3.63, 3.8) is 0 Å². The van der Waals surface area contributed by atoms with E-state index >= 15 is 0 Å². The maximum Gasteiger partial charge on any atom is 0.338 e. The molecule has 2 aromatic rings. The molecule has 2 amide bonds. The van der Waals surface area contributed by atoms with Crippen molar-refractivity contribution in [1.82, 2.24) is 10.2 Å². The third kappa shape index (κ3) is 6.64. The maximum absolute atomic E-state index is 12.2. The molecule has 0 aromatic heterocycles. The van der Waals surface area contributed by atoms with Crippen LogP contribution in [0.1, 0.15) is 28.8 Å². The zero-order valence-electron chi connectivity index (χ0n) is 16.3. The number of carbonyl (C=O) groups is 3. The summed E-state index contributed by atoms with van der Waals surface area (Å²) in [5.74, 6) is -0.749. The summed E-state index contributed by atoms with van der Waals surface area (Å²) in [7, 11) is 1.50. The molecule has 1 fully saturated rings. The minimum atomic E-state index is -0.626. The van der Waals surface area contributed by atoms with Gasteiger partial charge in [-0.05, 0) is 36.6 Å². The second kappa shape index (κ2) is 9.73. The van der Waals surface area contributed by atoms with Gasteiger partial charge in [0.25, 0.3) is 5.91 Å². The number of rotatable bonds is 9. The van der Waals surface area contributed by atoms with Gasteiger partial charge in [-0.1, -0.05) is 36.4 Å². The quantitative estimate of drug-likeness (QED) is 0.657. The van der Waals surface area contributed by atoms with Crippen molar-refractivity contribution in [1.29, 1.82) is 0 Å². The standard InChI is InChI=1S/C22H24N2O5/c1-24(13-20(25)23-18-10-11-18)21(26)15-29-22(27)17-8-5-9-19(12-17)28-14-16-6-3-2-4-7-16/h2-9,12,18H,10-11,13-15H2,1H3,(H,23,25). The number of nitrogens with zero attached hydrogens (tertiary/aromatic N) is 1. The molecule has 7 nitrogen and oxygen atoms in total. The van der Waals surface area contributed by atoms with Crippen LogP contribution in [0.25, 0.3) is 0 Å². The highest BCUT2D eigenvalue weighted by Gasteiger charge is 2.24. The van der Waals surface area contributed by atoms with Crippen LogP contribution in [0.5, 0.6) is 5.75 Å². The Kier molecular flexibility index (Phi) is 6.84. The third-order valence-electron chi connectivity index (χ3n) is 4.39. The molecule has 2 aromatic carbocycles. The number of hydrogen-bond acceptors (Lipinski definition) is 5. The van der Waals surface area contributed by atoms with Gasteiger partial charge in [0.15, 0.2) is 6.61 Å². The zero-order valence-corrected chi connectivity index (χ0v) is 16.3. The van der Waals surface area contributed by atoms with Crippen molar-refractivity contribution < 1.29 is 23.9 Å².